The topological polar surface area (TPSA) is 92.8 Å². The minimum absolute atomic E-state index is 0.0708. The molecule has 0 bridgehead atoms. The molecule has 1 atom stereocenters. The number of hydrogen-bond donors (Lipinski definition) is 0. The van der Waals surface area contributed by atoms with E-state index in [1.54, 1.807) is 31.4 Å². The van der Waals surface area contributed by atoms with Crippen molar-refractivity contribution in [3.8, 4) is 5.75 Å². The number of methoxy groups -OCH3 is 1. The summed E-state index contributed by atoms with van der Waals surface area (Å²) in [6.07, 6.45) is 0.0708. The largest absolute Gasteiger partial charge is 0.489 e. The van der Waals surface area contributed by atoms with Crippen LogP contribution in [0.2, 0.25) is 0 Å². The van der Waals surface area contributed by atoms with E-state index in [9.17, 15) is 9.59 Å². The van der Waals surface area contributed by atoms with E-state index in [4.69, 9.17) is 18.7 Å². The molecule has 34 heavy (non-hydrogen) atoms. The maximum absolute atomic E-state index is 12.7. The van der Waals surface area contributed by atoms with Crippen molar-refractivity contribution in [2.75, 3.05) is 20.3 Å². The lowest BCUT2D eigenvalue weighted by molar-refractivity contribution is -0.141. The minimum Gasteiger partial charge on any atom is -0.489 e. The summed E-state index contributed by atoms with van der Waals surface area (Å²) in [4.78, 5) is 25.0. The van der Waals surface area contributed by atoms with E-state index in [1.807, 2.05) is 40.7 Å². The molecule has 8 heteroatoms. The molecule has 1 unspecified atom stereocenters. The number of ketones is 1. The van der Waals surface area contributed by atoms with Crippen molar-refractivity contribution in [1.82, 2.24) is 9.72 Å². The number of esters is 1. The van der Waals surface area contributed by atoms with E-state index < -0.39 is 5.97 Å². The van der Waals surface area contributed by atoms with Crippen LogP contribution in [-0.4, -0.2) is 41.8 Å². The van der Waals surface area contributed by atoms with Gasteiger partial charge in [-0.05, 0) is 58.4 Å². The zero-order chi connectivity index (χ0) is 24.8. The molecule has 0 N–H and O–H groups in total. The quantitative estimate of drug-likeness (QED) is 0.303. The molecular weight excluding hydrogens is 436 g/mol. The summed E-state index contributed by atoms with van der Waals surface area (Å²) in [7, 11) is 1.65. The van der Waals surface area contributed by atoms with Gasteiger partial charge in [0.2, 0.25) is 5.78 Å². The lowest BCUT2D eigenvalue weighted by Gasteiger charge is -2.17. The van der Waals surface area contributed by atoms with Crippen LogP contribution >= 0.6 is 0 Å². The zero-order valence-electron chi connectivity index (χ0n) is 20.6. The van der Waals surface area contributed by atoms with Gasteiger partial charge in [-0.15, -0.1) is 0 Å². The molecule has 0 amide bonds. The van der Waals surface area contributed by atoms with Crippen molar-refractivity contribution in [2.24, 2.45) is 0 Å². The zero-order valence-corrected chi connectivity index (χ0v) is 20.6. The molecule has 0 saturated heterocycles. The van der Waals surface area contributed by atoms with E-state index in [1.165, 1.54) is 0 Å². The third-order valence-corrected chi connectivity index (χ3v) is 5.83. The van der Waals surface area contributed by atoms with Gasteiger partial charge in [-0.3, -0.25) is 9.59 Å². The van der Waals surface area contributed by atoms with Crippen LogP contribution in [0.3, 0.4) is 0 Å². The first kappa shape index (κ1) is 25.2. The molecule has 0 fully saturated rings. The molecule has 0 radical (unpaired) electrons. The van der Waals surface area contributed by atoms with E-state index in [0.717, 1.165) is 34.0 Å². The van der Waals surface area contributed by atoms with Crippen LogP contribution in [0.25, 0.3) is 0 Å². The Morgan fingerprint density at radius 3 is 2.44 bits per heavy atom. The molecule has 3 rings (SSSR count). The Bertz CT molecular complexity index is 1120. The summed E-state index contributed by atoms with van der Waals surface area (Å²) in [5.74, 6) is 0.725. The van der Waals surface area contributed by atoms with Crippen LogP contribution in [0.5, 0.6) is 5.75 Å². The van der Waals surface area contributed by atoms with E-state index >= 15 is 0 Å². The molecule has 1 aromatic carbocycles. The average Bonchev–Trinajstić information content (AvgIpc) is 3.28. The second-order valence-corrected chi connectivity index (χ2v) is 8.46. The summed E-state index contributed by atoms with van der Waals surface area (Å²) < 4.78 is 23.5. The van der Waals surface area contributed by atoms with E-state index in [2.05, 4.69) is 9.72 Å². The van der Waals surface area contributed by atoms with Crippen molar-refractivity contribution in [3.05, 3.63) is 69.9 Å². The number of rotatable bonds is 11. The fourth-order valence-corrected chi connectivity index (χ4v) is 4.06. The Morgan fingerprint density at radius 1 is 1.12 bits per heavy atom. The molecule has 8 nitrogen and oxygen atoms in total. The van der Waals surface area contributed by atoms with E-state index in [-0.39, 0.29) is 24.9 Å². The highest BCUT2D eigenvalue weighted by molar-refractivity contribution is 5.99. The summed E-state index contributed by atoms with van der Waals surface area (Å²) >= 11 is 0. The Kier molecular flexibility index (Phi) is 8.28. The lowest BCUT2D eigenvalue weighted by Crippen LogP contribution is -2.17. The Morgan fingerprint density at radius 2 is 1.82 bits per heavy atom. The first-order valence-corrected chi connectivity index (χ1v) is 11.2. The Hall–Kier alpha value is -3.39. The molecule has 182 valence electrons. The van der Waals surface area contributed by atoms with E-state index in [0.29, 0.717) is 24.5 Å². The number of aryl methyl sites for hydroxylation is 3. The first-order valence-electron chi connectivity index (χ1n) is 11.2. The van der Waals surface area contributed by atoms with Crippen molar-refractivity contribution < 1.29 is 28.3 Å². The minimum atomic E-state index is -0.459. The van der Waals surface area contributed by atoms with Gasteiger partial charge in [-0.25, -0.2) is 0 Å². The van der Waals surface area contributed by atoms with Crippen LogP contribution in [-0.2, 0) is 27.3 Å². The van der Waals surface area contributed by atoms with Gasteiger partial charge >= 0.3 is 5.97 Å². The number of hydrogen-bond acceptors (Lipinski definition) is 7. The molecule has 0 aliphatic carbocycles. The number of nitrogens with zero attached hydrogens (tertiary/aromatic N) is 2. The number of aromatic nitrogens is 2. The Balaban J connectivity index is 1.51. The number of carbonyl (C=O) groups excluding carboxylic acids is 2. The fraction of sp³-hybridized carbons (Fsp3) is 0.423. The van der Waals surface area contributed by atoms with Crippen molar-refractivity contribution in [2.45, 2.75) is 53.7 Å². The maximum atomic E-state index is 12.7. The van der Waals surface area contributed by atoms with Gasteiger partial charge in [-0.2, -0.15) is 0 Å². The smallest absolute Gasteiger partial charge is 0.310 e. The predicted octanol–water partition coefficient (Wildman–Crippen LogP) is 4.46. The number of Topliss-reactive ketones (excluding diaryl/α,β-unsaturated/α-hetero) is 1. The van der Waals surface area contributed by atoms with Gasteiger partial charge < -0.3 is 23.3 Å². The summed E-state index contributed by atoms with van der Waals surface area (Å²) in [6, 6.07) is 9.13. The van der Waals surface area contributed by atoms with Gasteiger partial charge in [0, 0.05) is 24.1 Å². The second kappa shape index (κ2) is 11.2. The number of carbonyl (C=O) groups is 2. The van der Waals surface area contributed by atoms with Crippen LogP contribution in [0.15, 0.2) is 34.9 Å². The van der Waals surface area contributed by atoms with Crippen LogP contribution < -0.4 is 4.74 Å². The molecule has 0 aliphatic heterocycles. The fourth-order valence-electron chi connectivity index (χ4n) is 4.06. The van der Waals surface area contributed by atoms with Crippen molar-refractivity contribution in [3.63, 3.8) is 0 Å². The average molecular weight is 469 g/mol. The van der Waals surface area contributed by atoms with Gasteiger partial charge in [0.15, 0.2) is 6.61 Å². The number of ether oxygens (including phenoxy) is 3. The third kappa shape index (κ3) is 5.94. The summed E-state index contributed by atoms with van der Waals surface area (Å²) in [5.41, 5.74) is 4.87. The van der Waals surface area contributed by atoms with Gasteiger partial charge in [0.1, 0.15) is 18.1 Å². The standard InChI is InChI=1S/C26H32N2O6/c1-16-11-23(19(4)28(16)17(2)13-31-6)25(29)15-33-26(30)12-21-7-9-22(10-8-21)32-14-24-18(3)27-34-20(24)5/h7-11,17H,12-15H2,1-6H3. The highest BCUT2D eigenvalue weighted by Crippen LogP contribution is 2.22. The first-order chi connectivity index (χ1) is 16.2. The van der Waals surface area contributed by atoms with Crippen LogP contribution in [0.4, 0.5) is 0 Å². The van der Waals surface area contributed by atoms with Crippen LogP contribution in [0, 0.1) is 27.7 Å². The third-order valence-electron chi connectivity index (χ3n) is 5.83. The molecule has 0 aliphatic rings. The lowest BCUT2D eigenvalue weighted by atomic mass is 10.1. The maximum Gasteiger partial charge on any atom is 0.310 e. The SMILES string of the molecule is COCC(C)n1c(C)cc(C(=O)COC(=O)Cc2ccc(OCc3c(C)noc3C)cc2)c1C. The van der Waals surface area contributed by atoms with Gasteiger partial charge in [0.05, 0.1) is 30.3 Å². The Labute approximate surface area is 199 Å². The van der Waals surface area contributed by atoms with Gasteiger partial charge in [0.25, 0.3) is 0 Å². The summed E-state index contributed by atoms with van der Waals surface area (Å²) in [5, 5.41) is 3.91. The normalized spacial score (nSPS) is 11.9. The molecule has 0 spiro atoms. The molecule has 2 heterocycles. The molecule has 2 aromatic heterocycles. The monoisotopic (exact) mass is 468 g/mol. The molecule has 3 aromatic rings. The second-order valence-electron chi connectivity index (χ2n) is 8.46. The summed E-state index contributed by atoms with van der Waals surface area (Å²) in [6.45, 7) is 10.2. The molecular formula is C26H32N2O6. The van der Waals surface area contributed by atoms with Crippen LogP contribution in [0.1, 0.15) is 57.3 Å². The molecule has 0 saturated carbocycles. The highest BCUT2D eigenvalue weighted by atomic mass is 16.5. The van der Waals surface area contributed by atoms with Crippen molar-refractivity contribution in [1.29, 1.82) is 0 Å². The number of benzene rings is 1. The van der Waals surface area contributed by atoms with Gasteiger partial charge in [-0.1, -0.05) is 17.3 Å². The predicted molar refractivity (Wildman–Crippen MR) is 126 cm³/mol. The van der Waals surface area contributed by atoms with Crippen molar-refractivity contribution >= 4 is 11.8 Å². The highest BCUT2D eigenvalue weighted by Gasteiger charge is 2.20.